The van der Waals surface area contributed by atoms with E-state index in [1.54, 1.807) is 0 Å². The van der Waals surface area contributed by atoms with E-state index in [0.29, 0.717) is 6.54 Å². The molecule has 1 aromatic carbocycles. The molecule has 3 rings (SSSR count). The van der Waals surface area contributed by atoms with Gasteiger partial charge in [-0.25, -0.2) is 0 Å². The zero-order chi connectivity index (χ0) is 14.7. The Morgan fingerprint density at radius 1 is 1.00 bits per heavy atom. The van der Waals surface area contributed by atoms with Crippen molar-refractivity contribution in [3.63, 3.8) is 0 Å². The summed E-state index contributed by atoms with van der Waals surface area (Å²) < 4.78 is 0. The van der Waals surface area contributed by atoms with Crippen LogP contribution in [0.4, 0.5) is 11.4 Å². The smallest absolute Gasteiger partial charge is 0.0443 e. The van der Waals surface area contributed by atoms with Crippen LogP contribution in [0.3, 0.4) is 0 Å². The molecular formula is C16H19ClN4. The lowest BCUT2D eigenvalue weighted by Gasteiger charge is -2.38. The number of piperazine rings is 1. The number of hydrogen-bond acceptors (Lipinski definition) is 4. The summed E-state index contributed by atoms with van der Waals surface area (Å²) in [6.07, 6.45) is 3.70. The third-order valence-corrected chi connectivity index (χ3v) is 4.16. The molecule has 0 atom stereocenters. The normalized spacial score (nSPS) is 15.3. The standard InChI is InChI=1S/C16H19ClN4/c17-14-1-3-15(4-2-14)20-7-9-21(10-8-20)16-5-6-19-12-13(16)11-18/h1-6,12H,7-11,18H2. The van der Waals surface area contributed by atoms with Gasteiger partial charge in [0, 0.05) is 67.1 Å². The molecule has 110 valence electrons. The maximum absolute atomic E-state index is 5.94. The van der Waals surface area contributed by atoms with E-state index < -0.39 is 0 Å². The molecule has 0 aliphatic carbocycles. The van der Waals surface area contributed by atoms with Gasteiger partial charge in [0.25, 0.3) is 0 Å². The van der Waals surface area contributed by atoms with Crippen LogP contribution < -0.4 is 15.5 Å². The highest BCUT2D eigenvalue weighted by Gasteiger charge is 2.19. The summed E-state index contributed by atoms with van der Waals surface area (Å²) in [6, 6.07) is 10.1. The topological polar surface area (TPSA) is 45.4 Å². The Morgan fingerprint density at radius 2 is 1.67 bits per heavy atom. The number of anilines is 2. The highest BCUT2D eigenvalue weighted by molar-refractivity contribution is 6.30. The van der Waals surface area contributed by atoms with Gasteiger partial charge in [-0.1, -0.05) is 11.6 Å². The molecule has 1 aliphatic heterocycles. The largest absolute Gasteiger partial charge is 0.368 e. The van der Waals surface area contributed by atoms with Crippen LogP contribution in [-0.4, -0.2) is 31.2 Å². The van der Waals surface area contributed by atoms with Crippen LogP contribution in [-0.2, 0) is 6.54 Å². The average Bonchev–Trinajstić information content (AvgIpc) is 2.56. The summed E-state index contributed by atoms with van der Waals surface area (Å²) in [5.41, 5.74) is 9.35. The van der Waals surface area contributed by atoms with E-state index >= 15 is 0 Å². The molecule has 21 heavy (non-hydrogen) atoms. The fourth-order valence-electron chi connectivity index (χ4n) is 2.74. The Morgan fingerprint density at radius 3 is 2.33 bits per heavy atom. The van der Waals surface area contributed by atoms with E-state index in [1.165, 1.54) is 11.4 Å². The predicted octanol–water partition coefficient (Wildman–Crippen LogP) is 2.52. The summed E-state index contributed by atoms with van der Waals surface area (Å²) >= 11 is 5.94. The zero-order valence-electron chi connectivity index (χ0n) is 11.9. The molecule has 0 amide bonds. The van der Waals surface area contributed by atoms with Crippen molar-refractivity contribution in [2.75, 3.05) is 36.0 Å². The fraction of sp³-hybridized carbons (Fsp3) is 0.312. The van der Waals surface area contributed by atoms with E-state index in [2.05, 4.69) is 33.0 Å². The van der Waals surface area contributed by atoms with Crippen molar-refractivity contribution in [3.05, 3.63) is 53.3 Å². The first-order valence-corrected chi connectivity index (χ1v) is 7.54. The molecule has 0 unspecified atom stereocenters. The summed E-state index contributed by atoms with van der Waals surface area (Å²) in [6.45, 7) is 4.49. The number of hydrogen-bond donors (Lipinski definition) is 1. The van der Waals surface area contributed by atoms with Gasteiger partial charge in [-0.2, -0.15) is 0 Å². The minimum atomic E-state index is 0.528. The van der Waals surface area contributed by atoms with Crippen LogP contribution in [0.15, 0.2) is 42.7 Å². The molecule has 0 saturated carbocycles. The molecule has 0 bridgehead atoms. The quantitative estimate of drug-likeness (QED) is 0.946. The number of nitrogens with two attached hydrogens (primary N) is 1. The van der Waals surface area contributed by atoms with Gasteiger partial charge < -0.3 is 15.5 Å². The van der Waals surface area contributed by atoms with Crippen LogP contribution in [0.2, 0.25) is 5.02 Å². The van der Waals surface area contributed by atoms with Crippen molar-refractivity contribution >= 4 is 23.0 Å². The van der Waals surface area contributed by atoms with E-state index in [-0.39, 0.29) is 0 Å². The second-order valence-corrected chi connectivity index (χ2v) is 5.60. The minimum absolute atomic E-state index is 0.528. The van der Waals surface area contributed by atoms with Crippen molar-refractivity contribution in [1.29, 1.82) is 0 Å². The number of rotatable bonds is 3. The third-order valence-electron chi connectivity index (χ3n) is 3.91. The molecule has 1 saturated heterocycles. The Hall–Kier alpha value is -1.78. The van der Waals surface area contributed by atoms with Crippen molar-refractivity contribution in [3.8, 4) is 0 Å². The van der Waals surface area contributed by atoms with E-state index in [1.807, 2.05) is 24.5 Å². The van der Waals surface area contributed by atoms with Crippen LogP contribution in [0, 0.1) is 0 Å². The maximum atomic E-state index is 5.94. The summed E-state index contributed by atoms with van der Waals surface area (Å²) in [5, 5.41) is 0.779. The van der Waals surface area contributed by atoms with Crippen molar-refractivity contribution in [2.24, 2.45) is 5.73 Å². The number of benzene rings is 1. The summed E-state index contributed by atoms with van der Waals surface area (Å²) in [5.74, 6) is 0. The first kappa shape index (κ1) is 14.2. The van der Waals surface area contributed by atoms with Gasteiger partial charge in [-0.15, -0.1) is 0 Å². The molecule has 2 heterocycles. The van der Waals surface area contributed by atoms with Crippen molar-refractivity contribution in [1.82, 2.24) is 4.98 Å². The van der Waals surface area contributed by atoms with Crippen LogP contribution in [0.25, 0.3) is 0 Å². The predicted molar refractivity (Wildman–Crippen MR) is 88.0 cm³/mol. The molecular weight excluding hydrogens is 284 g/mol. The Balaban J connectivity index is 1.69. The Labute approximate surface area is 130 Å². The van der Waals surface area contributed by atoms with Gasteiger partial charge in [-0.05, 0) is 30.3 Å². The second kappa shape index (κ2) is 6.33. The van der Waals surface area contributed by atoms with Gasteiger partial charge in [0.2, 0.25) is 0 Å². The van der Waals surface area contributed by atoms with Crippen LogP contribution >= 0.6 is 11.6 Å². The molecule has 1 aliphatic rings. The Kier molecular flexibility index (Phi) is 4.27. The number of pyridine rings is 1. The van der Waals surface area contributed by atoms with Gasteiger partial charge in [-0.3, -0.25) is 4.98 Å². The Bertz CT molecular complexity index is 591. The number of halogens is 1. The number of nitrogens with zero attached hydrogens (tertiary/aromatic N) is 3. The maximum Gasteiger partial charge on any atom is 0.0443 e. The first-order chi connectivity index (χ1) is 10.3. The lowest BCUT2D eigenvalue weighted by atomic mass is 10.1. The number of aromatic nitrogens is 1. The van der Waals surface area contributed by atoms with Crippen molar-refractivity contribution < 1.29 is 0 Å². The lowest BCUT2D eigenvalue weighted by Crippen LogP contribution is -2.46. The second-order valence-electron chi connectivity index (χ2n) is 5.16. The lowest BCUT2D eigenvalue weighted by molar-refractivity contribution is 0.651. The van der Waals surface area contributed by atoms with Gasteiger partial charge >= 0.3 is 0 Å². The SMILES string of the molecule is NCc1cnccc1N1CCN(c2ccc(Cl)cc2)CC1. The molecule has 1 fully saturated rings. The molecule has 2 aromatic rings. The first-order valence-electron chi connectivity index (χ1n) is 7.16. The summed E-state index contributed by atoms with van der Waals surface area (Å²) in [7, 11) is 0. The monoisotopic (exact) mass is 302 g/mol. The van der Waals surface area contributed by atoms with Crippen LogP contribution in [0.1, 0.15) is 5.56 Å². The molecule has 1 aromatic heterocycles. The zero-order valence-corrected chi connectivity index (χ0v) is 12.6. The van der Waals surface area contributed by atoms with Crippen LogP contribution in [0.5, 0.6) is 0 Å². The molecule has 5 heteroatoms. The molecule has 0 spiro atoms. The highest BCUT2D eigenvalue weighted by atomic mass is 35.5. The highest BCUT2D eigenvalue weighted by Crippen LogP contribution is 2.23. The van der Waals surface area contributed by atoms with Gasteiger partial charge in [0.05, 0.1) is 0 Å². The van der Waals surface area contributed by atoms with E-state index in [4.69, 9.17) is 17.3 Å². The van der Waals surface area contributed by atoms with E-state index in [9.17, 15) is 0 Å². The average molecular weight is 303 g/mol. The fourth-order valence-corrected chi connectivity index (χ4v) is 2.87. The van der Waals surface area contributed by atoms with Gasteiger partial charge in [0.1, 0.15) is 0 Å². The van der Waals surface area contributed by atoms with Gasteiger partial charge in [0.15, 0.2) is 0 Å². The minimum Gasteiger partial charge on any atom is -0.368 e. The summed E-state index contributed by atoms with van der Waals surface area (Å²) in [4.78, 5) is 8.92. The van der Waals surface area contributed by atoms with E-state index in [0.717, 1.165) is 36.8 Å². The van der Waals surface area contributed by atoms with Crippen molar-refractivity contribution in [2.45, 2.75) is 6.54 Å². The third kappa shape index (κ3) is 3.12. The molecule has 4 nitrogen and oxygen atoms in total. The molecule has 2 N–H and O–H groups in total. The molecule has 0 radical (unpaired) electrons.